The van der Waals surface area contributed by atoms with Gasteiger partial charge in [-0.1, -0.05) is 48.0 Å². The second kappa shape index (κ2) is 7.85. The first-order valence-corrected chi connectivity index (χ1v) is 10.2. The molecular formula is C20H20N2O5S. The van der Waals surface area contributed by atoms with E-state index >= 15 is 0 Å². The van der Waals surface area contributed by atoms with Gasteiger partial charge in [0.1, 0.15) is 0 Å². The zero-order valence-corrected chi connectivity index (χ0v) is 16.2. The Kier molecular flexibility index (Phi) is 5.51. The van der Waals surface area contributed by atoms with Crippen LogP contribution in [0.4, 0.5) is 4.79 Å². The van der Waals surface area contributed by atoms with Gasteiger partial charge in [0.15, 0.2) is 9.84 Å². The lowest BCUT2D eigenvalue weighted by Gasteiger charge is -2.29. The number of aryl methyl sites for hydroxylation is 1. The Labute approximate surface area is 163 Å². The number of esters is 1. The molecule has 0 unspecified atom stereocenters. The Hall–Kier alpha value is -3.13. The lowest BCUT2D eigenvalue weighted by atomic mass is 9.96. The summed E-state index contributed by atoms with van der Waals surface area (Å²) in [6.07, 6.45) is 0. The quantitative estimate of drug-likeness (QED) is 0.750. The van der Waals surface area contributed by atoms with Crippen LogP contribution in [0.3, 0.4) is 0 Å². The highest BCUT2D eigenvalue weighted by atomic mass is 32.2. The fourth-order valence-corrected chi connectivity index (χ4v) is 4.32. The molecule has 2 N–H and O–H groups in total. The highest BCUT2D eigenvalue weighted by molar-refractivity contribution is 7.91. The van der Waals surface area contributed by atoms with Gasteiger partial charge in [-0.2, -0.15) is 0 Å². The number of hydrogen-bond donors (Lipinski definition) is 2. The normalized spacial score (nSPS) is 16.9. The largest absolute Gasteiger partial charge is 0.466 e. The number of carbonyl (C=O) groups excluding carboxylic acids is 2. The fraction of sp³-hybridized carbons (Fsp3) is 0.200. The molecule has 0 fully saturated rings. The fourth-order valence-electron chi connectivity index (χ4n) is 3.00. The Morgan fingerprint density at radius 1 is 1.07 bits per heavy atom. The third kappa shape index (κ3) is 4.07. The number of hydrogen-bond acceptors (Lipinski definition) is 5. The molecule has 2 aromatic rings. The number of benzene rings is 2. The van der Waals surface area contributed by atoms with Crippen molar-refractivity contribution in [3.8, 4) is 0 Å². The maximum Gasteiger partial charge on any atom is 0.338 e. The van der Waals surface area contributed by atoms with Gasteiger partial charge in [0.05, 0.1) is 29.4 Å². The smallest absolute Gasteiger partial charge is 0.338 e. The van der Waals surface area contributed by atoms with Crippen molar-refractivity contribution in [3.63, 3.8) is 0 Å². The summed E-state index contributed by atoms with van der Waals surface area (Å²) in [5, 5.41) is 5.13. The summed E-state index contributed by atoms with van der Waals surface area (Å²) in [6, 6.07) is 13.8. The van der Waals surface area contributed by atoms with Crippen LogP contribution < -0.4 is 10.6 Å². The third-order valence-corrected chi connectivity index (χ3v) is 6.07. The zero-order valence-electron chi connectivity index (χ0n) is 15.4. The SMILES string of the molecule is COC(=O)C1=C(CS(=O)(=O)c2ccc(C)cc2)NC(=O)N[C@H]1c1ccccc1. The second-order valence-corrected chi connectivity index (χ2v) is 8.39. The monoisotopic (exact) mass is 400 g/mol. The van der Waals surface area contributed by atoms with E-state index in [1.54, 1.807) is 42.5 Å². The molecule has 1 atom stereocenters. The Bertz CT molecular complexity index is 1030. The molecule has 0 saturated heterocycles. The molecule has 3 rings (SSSR count). The van der Waals surface area contributed by atoms with Crippen LogP contribution in [0, 0.1) is 6.92 Å². The summed E-state index contributed by atoms with van der Waals surface area (Å²) in [5.74, 6) is -1.24. The Morgan fingerprint density at radius 2 is 1.71 bits per heavy atom. The van der Waals surface area contributed by atoms with Crippen LogP contribution >= 0.6 is 0 Å². The van der Waals surface area contributed by atoms with Crippen LogP contribution in [0.15, 0.2) is 70.8 Å². The Balaban J connectivity index is 2.08. The van der Waals surface area contributed by atoms with Crippen molar-refractivity contribution in [1.82, 2.24) is 10.6 Å². The molecule has 1 aliphatic heterocycles. The molecule has 146 valence electrons. The van der Waals surface area contributed by atoms with Crippen LogP contribution in [0.5, 0.6) is 0 Å². The maximum absolute atomic E-state index is 12.9. The van der Waals surface area contributed by atoms with Gasteiger partial charge in [0.2, 0.25) is 0 Å². The molecule has 0 aromatic heterocycles. The van der Waals surface area contributed by atoms with E-state index in [0.29, 0.717) is 5.56 Å². The number of sulfone groups is 1. The summed E-state index contributed by atoms with van der Waals surface area (Å²) in [4.78, 5) is 24.8. The summed E-state index contributed by atoms with van der Waals surface area (Å²) in [5.41, 5.74) is 1.63. The summed E-state index contributed by atoms with van der Waals surface area (Å²) >= 11 is 0. The van der Waals surface area contributed by atoms with Gasteiger partial charge in [0, 0.05) is 5.70 Å². The van der Waals surface area contributed by atoms with E-state index in [2.05, 4.69) is 10.6 Å². The number of amides is 2. The maximum atomic E-state index is 12.9. The van der Waals surface area contributed by atoms with Crippen LogP contribution in [0.1, 0.15) is 17.2 Å². The average Bonchev–Trinajstić information content (AvgIpc) is 2.67. The first-order valence-electron chi connectivity index (χ1n) is 8.55. The van der Waals surface area contributed by atoms with Crippen LogP contribution in [0.2, 0.25) is 0 Å². The molecule has 1 heterocycles. The highest BCUT2D eigenvalue weighted by Gasteiger charge is 2.35. The summed E-state index contributed by atoms with van der Waals surface area (Å²) in [6.45, 7) is 1.85. The second-order valence-electron chi connectivity index (χ2n) is 6.40. The molecule has 0 radical (unpaired) electrons. The molecule has 0 aliphatic carbocycles. The molecular weight excluding hydrogens is 380 g/mol. The molecule has 2 amide bonds. The van der Waals surface area contributed by atoms with Gasteiger partial charge < -0.3 is 15.4 Å². The number of urea groups is 1. The predicted molar refractivity (Wildman–Crippen MR) is 103 cm³/mol. The summed E-state index contributed by atoms with van der Waals surface area (Å²) in [7, 11) is -2.58. The topological polar surface area (TPSA) is 102 Å². The average molecular weight is 400 g/mol. The number of carbonyl (C=O) groups is 2. The lowest BCUT2D eigenvalue weighted by molar-refractivity contribution is -0.136. The van der Waals surface area contributed by atoms with E-state index in [1.807, 2.05) is 6.92 Å². The minimum absolute atomic E-state index is 0.00466. The van der Waals surface area contributed by atoms with Crippen molar-refractivity contribution in [2.45, 2.75) is 17.9 Å². The van der Waals surface area contributed by atoms with Crippen molar-refractivity contribution >= 4 is 21.8 Å². The van der Waals surface area contributed by atoms with Gasteiger partial charge >= 0.3 is 12.0 Å². The predicted octanol–water partition coefficient (Wildman–Crippen LogP) is 2.25. The molecule has 28 heavy (non-hydrogen) atoms. The van der Waals surface area contributed by atoms with Crippen LogP contribution in [-0.2, 0) is 19.4 Å². The first kappa shape index (κ1) is 19.6. The summed E-state index contributed by atoms with van der Waals surface area (Å²) < 4.78 is 30.6. The third-order valence-electron chi connectivity index (χ3n) is 4.41. The number of methoxy groups -OCH3 is 1. The Morgan fingerprint density at radius 3 is 2.32 bits per heavy atom. The molecule has 8 heteroatoms. The molecule has 0 saturated carbocycles. The molecule has 0 bridgehead atoms. The highest BCUT2D eigenvalue weighted by Crippen LogP contribution is 2.29. The van der Waals surface area contributed by atoms with Gasteiger partial charge in [-0.05, 0) is 24.6 Å². The van der Waals surface area contributed by atoms with Gasteiger partial charge in [0.25, 0.3) is 0 Å². The van der Waals surface area contributed by atoms with E-state index in [1.165, 1.54) is 19.2 Å². The number of rotatable bonds is 5. The van der Waals surface area contributed by atoms with Crippen LogP contribution in [-0.4, -0.2) is 33.3 Å². The molecule has 7 nitrogen and oxygen atoms in total. The minimum atomic E-state index is -3.79. The molecule has 2 aromatic carbocycles. The van der Waals surface area contributed by atoms with Gasteiger partial charge in [-0.25, -0.2) is 18.0 Å². The standard InChI is InChI=1S/C20H20N2O5S/c1-13-8-10-15(11-9-13)28(25,26)12-16-17(19(23)27-2)18(22-20(24)21-16)14-6-4-3-5-7-14/h3-11,18H,12H2,1-2H3,(H2,21,22,24)/t18-/m0/s1. The van der Waals surface area contributed by atoms with Gasteiger partial charge in [-0.3, -0.25) is 0 Å². The van der Waals surface area contributed by atoms with Crippen LogP contribution in [0.25, 0.3) is 0 Å². The van der Waals surface area contributed by atoms with E-state index in [4.69, 9.17) is 4.74 Å². The van der Waals surface area contributed by atoms with E-state index in [9.17, 15) is 18.0 Å². The molecule has 1 aliphatic rings. The van der Waals surface area contributed by atoms with E-state index in [0.717, 1.165) is 5.56 Å². The zero-order chi connectivity index (χ0) is 20.3. The van der Waals surface area contributed by atoms with Crippen molar-refractivity contribution in [3.05, 3.63) is 77.0 Å². The van der Waals surface area contributed by atoms with Crippen molar-refractivity contribution in [2.75, 3.05) is 12.9 Å². The molecule has 0 spiro atoms. The van der Waals surface area contributed by atoms with E-state index in [-0.39, 0.29) is 16.2 Å². The van der Waals surface area contributed by atoms with Crippen molar-refractivity contribution in [2.24, 2.45) is 0 Å². The number of ether oxygens (including phenoxy) is 1. The van der Waals surface area contributed by atoms with Crippen molar-refractivity contribution < 1.29 is 22.7 Å². The van der Waals surface area contributed by atoms with E-state index < -0.39 is 33.6 Å². The van der Waals surface area contributed by atoms with Gasteiger partial charge in [-0.15, -0.1) is 0 Å². The van der Waals surface area contributed by atoms with Crippen molar-refractivity contribution in [1.29, 1.82) is 0 Å². The lowest BCUT2D eigenvalue weighted by Crippen LogP contribution is -2.47. The minimum Gasteiger partial charge on any atom is -0.466 e. The first-order chi connectivity index (χ1) is 13.3. The number of nitrogens with one attached hydrogen (secondary N) is 2.